The highest BCUT2D eigenvalue weighted by molar-refractivity contribution is 5.26. The lowest BCUT2D eigenvalue weighted by molar-refractivity contribution is 0.542. The molecule has 1 aliphatic carbocycles. The van der Waals surface area contributed by atoms with Crippen molar-refractivity contribution in [1.29, 1.82) is 0 Å². The maximum Gasteiger partial charge on any atom is 0.131 e. The SMILES string of the molecule is Cc1nc(C2CC2)nc(C)c1CCCNCC(C)C. The highest BCUT2D eigenvalue weighted by atomic mass is 14.9. The Kier molecular flexibility index (Phi) is 4.92. The summed E-state index contributed by atoms with van der Waals surface area (Å²) in [6, 6.07) is 0. The van der Waals surface area contributed by atoms with Crippen molar-refractivity contribution in [3.8, 4) is 0 Å². The molecule has 1 aromatic rings. The normalized spacial score (nSPS) is 15.2. The van der Waals surface area contributed by atoms with Crippen LogP contribution in [-0.4, -0.2) is 23.1 Å². The Balaban J connectivity index is 1.86. The Bertz CT molecular complexity index is 399. The second-order valence-electron chi connectivity index (χ2n) is 6.21. The minimum absolute atomic E-state index is 0.652. The summed E-state index contributed by atoms with van der Waals surface area (Å²) < 4.78 is 0. The summed E-state index contributed by atoms with van der Waals surface area (Å²) in [5.74, 6) is 2.46. The second-order valence-corrected chi connectivity index (χ2v) is 6.21. The number of aromatic nitrogens is 2. The van der Waals surface area contributed by atoms with Crippen LogP contribution in [0.15, 0.2) is 0 Å². The van der Waals surface area contributed by atoms with Crippen molar-refractivity contribution in [2.75, 3.05) is 13.1 Å². The van der Waals surface area contributed by atoms with Gasteiger partial charge in [-0.05, 0) is 64.1 Å². The molecular formula is C16H27N3. The fourth-order valence-corrected chi connectivity index (χ4v) is 2.43. The van der Waals surface area contributed by atoms with E-state index >= 15 is 0 Å². The van der Waals surface area contributed by atoms with Gasteiger partial charge in [0, 0.05) is 17.3 Å². The summed E-state index contributed by atoms with van der Waals surface area (Å²) in [7, 11) is 0. The molecule has 1 aliphatic rings. The molecule has 0 unspecified atom stereocenters. The molecule has 0 aliphatic heterocycles. The highest BCUT2D eigenvalue weighted by Crippen LogP contribution is 2.38. The number of nitrogens with zero attached hydrogens (tertiary/aromatic N) is 2. The molecule has 1 aromatic heterocycles. The second kappa shape index (κ2) is 6.47. The van der Waals surface area contributed by atoms with Gasteiger partial charge in [-0.3, -0.25) is 0 Å². The van der Waals surface area contributed by atoms with Crippen LogP contribution in [0, 0.1) is 19.8 Å². The predicted molar refractivity (Wildman–Crippen MR) is 79.5 cm³/mol. The summed E-state index contributed by atoms with van der Waals surface area (Å²) in [6.07, 6.45) is 4.81. The van der Waals surface area contributed by atoms with Crippen LogP contribution < -0.4 is 5.32 Å². The first-order valence-electron chi connectivity index (χ1n) is 7.62. The number of hydrogen-bond acceptors (Lipinski definition) is 3. The van der Waals surface area contributed by atoms with Crippen molar-refractivity contribution >= 4 is 0 Å². The summed E-state index contributed by atoms with van der Waals surface area (Å²) in [4.78, 5) is 9.38. The molecule has 106 valence electrons. The zero-order chi connectivity index (χ0) is 13.8. The van der Waals surface area contributed by atoms with Gasteiger partial charge in [0.05, 0.1) is 0 Å². The molecule has 3 heteroatoms. The van der Waals surface area contributed by atoms with Crippen LogP contribution in [0.25, 0.3) is 0 Å². The lowest BCUT2D eigenvalue weighted by atomic mass is 10.1. The standard InChI is InChI=1S/C16H27N3/c1-11(2)10-17-9-5-6-15-12(3)18-16(14-7-8-14)19-13(15)4/h11,14,17H,5-10H2,1-4H3. The summed E-state index contributed by atoms with van der Waals surface area (Å²) >= 11 is 0. The minimum Gasteiger partial charge on any atom is -0.316 e. The number of rotatable bonds is 7. The van der Waals surface area contributed by atoms with E-state index in [9.17, 15) is 0 Å². The number of hydrogen-bond donors (Lipinski definition) is 1. The molecule has 0 bridgehead atoms. The summed E-state index contributed by atoms with van der Waals surface area (Å²) in [5.41, 5.74) is 3.74. The third-order valence-electron chi connectivity index (χ3n) is 3.71. The zero-order valence-corrected chi connectivity index (χ0v) is 12.8. The molecule has 0 saturated heterocycles. The van der Waals surface area contributed by atoms with E-state index in [2.05, 4.69) is 33.0 Å². The molecule has 19 heavy (non-hydrogen) atoms. The Morgan fingerprint density at radius 1 is 1.16 bits per heavy atom. The van der Waals surface area contributed by atoms with E-state index in [1.807, 2.05) is 0 Å². The van der Waals surface area contributed by atoms with Crippen molar-refractivity contribution in [3.05, 3.63) is 22.8 Å². The maximum atomic E-state index is 4.69. The van der Waals surface area contributed by atoms with Crippen molar-refractivity contribution < 1.29 is 0 Å². The third-order valence-corrected chi connectivity index (χ3v) is 3.71. The first-order chi connectivity index (χ1) is 9.08. The van der Waals surface area contributed by atoms with Gasteiger partial charge in [0.2, 0.25) is 0 Å². The van der Waals surface area contributed by atoms with Gasteiger partial charge in [-0.1, -0.05) is 13.8 Å². The van der Waals surface area contributed by atoms with E-state index in [0.717, 1.165) is 31.3 Å². The molecule has 1 N–H and O–H groups in total. The largest absolute Gasteiger partial charge is 0.316 e. The Hall–Kier alpha value is -0.960. The van der Waals surface area contributed by atoms with Gasteiger partial charge in [0.15, 0.2) is 0 Å². The van der Waals surface area contributed by atoms with Crippen molar-refractivity contribution in [3.63, 3.8) is 0 Å². The molecule has 1 fully saturated rings. The van der Waals surface area contributed by atoms with Crippen molar-refractivity contribution in [1.82, 2.24) is 15.3 Å². The van der Waals surface area contributed by atoms with Gasteiger partial charge in [-0.25, -0.2) is 9.97 Å². The average molecular weight is 261 g/mol. The molecule has 0 spiro atoms. The van der Waals surface area contributed by atoms with Crippen molar-refractivity contribution in [2.24, 2.45) is 5.92 Å². The van der Waals surface area contributed by atoms with E-state index in [0.29, 0.717) is 5.92 Å². The van der Waals surface area contributed by atoms with Crippen LogP contribution >= 0.6 is 0 Å². The molecule has 0 atom stereocenters. The summed E-state index contributed by atoms with van der Waals surface area (Å²) in [6.45, 7) is 10.9. The zero-order valence-electron chi connectivity index (χ0n) is 12.8. The molecule has 3 nitrogen and oxygen atoms in total. The van der Waals surface area contributed by atoms with Crippen LogP contribution in [0.3, 0.4) is 0 Å². The average Bonchev–Trinajstić information content (AvgIpc) is 3.15. The van der Waals surface area contributed by atoms with E-state index < -0.39 is 0 Å². The monoisotopic (exact) mass is 261 g/mol. The molecule has 2 rings (SSSR count). The maximum absolute atomic E-state index is 4.69. The number of nitrogens with one attached hydrogen (secondary N) is 1. The topological polar surface area (TPSA) is 37.8 Å². The fourth-order valence-electron chi connectivity index (χ4n) is 2.43. The first kappa shape index (κ1) is 14.4. The van der Waals surface area contributed by atoms with Crippen LogP contribution in [-0.2, 0) is 6.42 Å². The van der Waals surface area contributed by atoms with Crippen LogP contribution in [0.1, 0.15) is 61.8 Å². The first-order valence-corrected chi connectivity index (χ1v) is 7.62. The lowest BCUT2D eigenvalue weighted by Crippen LogP contribution is -2.21. The Morgan fingerprint density at radius 3 is 2.32 bits per heavy atom. The number of aryl methyl sites for hydroxylation is 2. The molecular weight excluding hydrogens is 234 g/mol. The third kappa shape index (κ3) is 4.27. The minimum atomic E-state index is 0.652. The van der Waals surface area contributed by atoms with Crippen molar-refractivity contribution in [2.45, 2.75) is 59.3 Å². The lowest BCUT2D eigenvalue weighted by Gasteiger charge is -2.11. The van der Waals surface area contributed by atoms with Crippen LogP contribution in [0.4, 0.5) is 0 Å². The van der Waals surface area contributed by atoms with Crippen LogP contribution in [0.5, 0.6) is 0 Å². The molecule has 0 amide bonds. The molecule has 0 radical (unpaired) electrons. The van der Waals surface area contributed by atoms with Gasteiger partial charge in [-0.2, -0.15) is 0 Å². The molecule has 1 saturated carbocycles. The van der Waals surface area contributed by atoms with E-state index in [-0.39, 0.29) is 0 Å². The predicted octanol–water partition coefficient (Wildman–Crippen LogP) is 3.15. The Morgan fingerprint density at radius 2 is 1.79 bits per heavy atom. The highest BCUT2D eigenvalue weighted by Gasteiger charge is 2.27. The van der Waals surface area contributed by atoms with E-state index in [1.165, 1.54) is 36.2 Å². The Labute approximate surface area is 117 Å². The fraction of sp³-hybridized carbons (Fsp3) is 0.750. The molecule has 0 aromatic carbocycles. The van der Waals surface area contributed by atoms with Gasteiger partial charge < -0.3 is 5.32 Å². The molecule has 1 heterocycles. The quantitative estimate of drug-likeness (QED) is 0.766. The van der Waals surface area contributed by atoms with Gasteiger partial charge >= 0.3 is 0 Å². The van der Waals surface area contributed by atoms with Gasteiger partial charge in [-0.15, -0.1) is 0 Å². The van der Waals surface area contributed by atoms with Crippen LogP contribution in [0.2, 0.25) is 0 Å². The smallest absolute Gasteiger partial charge is 0.131 e. The van der Waals surface area contributed by atoms with E-state index in [1.54, 1.807) is 0 Å². The van der Waals surface area contributed by atoms with Gasteiger partial charge in [0.25, 0.3) is 0 Å². The van der Waals surface area contributed by atoms with E-state index in [4.69, 9.17) is 9.97 Å². The summed E-state index contributed by atoms with van der Waals surface area (Å²) in [5, 5.41) is 3.49. The van der Waals surface area contributed by atoms with Gasteiger partial charge in [0.1, 0.15) is 5.82 Å².